The molecule has 6 amide bonds. The topological polar surface area (TPSA) is 196 Å². The molecule has 2 aromatic rings. The second kappa shape index (κ2) is 17.6. The molecule has 17 heteroatoms. The van der Waals surface area contributed by atoms with Gasteiger partial charge in [0.25, 0.3) is 0 Å². The number of carbonyl (C=O) groups is 7. The predicted molar refractivity (Wildman–Crippen MR) is 211 cm³/mol. The number of aryl methyl sites for hydroxylation is 1. The van der Waals surface area contributed by atoms with Crippen LogP contribution in [0.25, 0.3) is 0 Å². The van der Waals surface area contributed by atoms with Crippen LogP contribution in [0.4, 0.5) is 0 Å². The van der Waals surface area contributed by atoms with Crippen LogP contribution in [0.15, 0.2) is 42.5 Å². The molecule has 316 valence electrons. The van der Waals surface area contributed by atoms with Gasteiger partial charge in [0.05, 0.1) is 6.42 Å². The van der Waals surface area contributed by atoms with Crippen molar-refractivity contribution in [3.05, 3.63) is 59.2 Å². The largest absolute Gasteiger partial charge is 0.461 e. The van der Waals surface area contributed by atoms with Gasteiger partial charge in [-0.05, 0) is 69.3 Å². The number of rotatable bonds is 7. The Morgan fingerprint density at radius 3 is 2.41 bits per heavy atom. The Morgan fingerprint density at radius 2 is 1.61 bits per heavy atom. The molecular weight excluding hydrogens is 763 g/mol. The first-order valence-corrected chi connectivity index (χ1v) is 20.4. The number of likely N-dealkylation sites (N-methyl/N-ethyl adjacent to an activating group) is 1. The molecule has 5 aliphatic heterocycles. The summed E-state index contributed by atoms with van der Waals surface area (Å²) in [6, 6.07) is 6.16. The summed E-state index contributed by atoms with van der Waals surface area (Å²) in [6.45, 7) is 6.24. The average Bonchev–Trinajstić information content (AvgIpc) is 3.98. The first kappa shape index (κ1) is 41.4. The van der Waals surface area contributed by atoms with Gasteiger partial charge in [-0.15, -0.1) is 0 Å². The number of carbonyl (C=O) groups excluding carboxylic acids is 7. The van der Waals surface area contributed by atoms with Crippen LogP contribution in [0.5, 0.6) is 11.5 Å². The van der Waals surface area contributed by atoms with E-state index in [1.807, 2.05) is 50.1 Å². The maximum absolute atomic E-state index is 14.6. The Morgan fingerprint density at radius 1 is 0.831 bits per heavy atom. The number of ether oxygens (including phenoxy) is 3. The lowest BCUT2D eigenvalue weighted by molar-refractivity contribution is -0.158. The normalized spacial score (nSPS) is 27.1. The van der Waals surface area contributed by atoms with Crippen molar-refractivity contribution in [3.63, 3.8) is 0 Å². The minimum absolute atomic E-state index is 0.0623. The van der Waals surface area contributed by atoms with Gasteiger partial charge in [-0.2, -0.15) is 0 Å². The molecule has 0 aromatic heterocycles. The summed E-state index contributed by atoms with van der Waals surface area (Å²) in [5.74, 6) is -2.96. The van der Waals surface area contributed by atoms with Gasteiger partial charge in [0.1, 0.15) is 42.9 Å². The summed E-state index contributed by atoms with van der Waals surface area (Å²) in [7, 11) is 1.84. The lowest BCUT2D eigenvalue weighted by Crippen LogP contribution is -2.65. The highest BCUT2D eigenvalue weighted by Gasteiger charge is 2.46. The molecule has 3 N–H and O–H groups in total. The number of esters is 1. The summed E-state index contributed by atoms with van der Waals surface area (Å²) in [4.78, 5) is 105. The molecule has 4 saturated heterocycles. The summed E-state index contributed by atoms with van der Waals surface area (Å²) in [5.41, 5.74) is 2.34. The van der Waals surface area contributed by atoms with Crippen LogP contribution in [0.2, 0.25) is 0 Å². The van der Waals surface area contributed by atoms with Crippen LogP contribution in [-0.2, 0) is 51.1 Å². The van der Waals surface area contributed by atoms with E-state index in [0.29, 0.717) is 42.9 Å². The van der Waals surface area contributed by atoms with Gasteiger partial charge in [-0.3, -0.25) is 28.8 Å². The fraction of sp³-hybridized carbons (Fsp3) is 0.548. The van der Waals surface area contributed by atoms with Gasteiger partial charge in [-0.25, -0.2) is 4.79 Å². The Bertz CT molecular complexity index is 1990. The fourth-order valence-electron chi connectivity index (χ4n) is 8.69. The van der Waals surface area contributed by atoms with E-state index in [1.54, 1.807) is 25.1 Å². The van der Waals surface area contributed by atoms with E-state index in [9.17, 15) is 33.6 Å². The maximum atomic E-state index is 14.6. The lowest BCUT2D eigenvalue weighted by Gasteiger charge is -2.42. The van der Waals surface area contributed by atoms with Crippen molar-refractivity contribution >= 4 is 41.4 Å². The third-order valence-corrected chi connectivity index (χ3v) is 11.8. The number of cyclic esters (lactones) is 1. The van der Waals surface area contributed by atoms with Gasteiger partial charge in [0.15, 0.2) is 11.5 Å². The van der Waals surface area contributed by atoms with Crippen molar-refractivity contribution in [2.45, 2.75) is 89.1 Å². The van der Waals surface area contributed by atoms with Crippen molar-refractivity contribution in [1.29, 1.82) is 0 Å². The quantitative estimate of drug-likeness (QED) is 0.316. The molecular formula is C42H53N7O10. The molecule has 0 unspecified atom stereocenters. The smallest absolute Gasteiger partial charge is 0.328 e. The Kier molecular flexibility index (Phi) is 12.4. The fourth-order valence-corrected chi connectivity index (χ4v) is 8.69. The maximum Gasteiger partial charge on any atom is 0.328 e. The number of nitrogens with zero attached hydrogens (tertiary/aromatic N) is 4. The zero-order valence-electron chi connectivity index (χ0n) is 33.9. The second-order valence-corrected chi connectivity index (χ2v) is 16.4. The van der Waals surface area contributed by atoms with E-state index in [0.717, 1.165) is 11.1 Å². The summed E-state index contributed by atoms with van der Waals surface area (Å²) >= 11 is 0. The number of hydrogen-bond donors (Lipinski definition) is 3. The summed E-state index contributed by atoms with van der Waals surface area (Å²) in [6.07, 6.45) is 1.10. The molecule has 4 fully saturated rings. The van der Waals surface area contributed by atoms with Crippen LogP contribution in [0.1, 0.15) is 49.8 Å². The van der Waals surface area contributed by atoms with Crippen LogP contribution in [-0.4, -0.2) is 150 Å². The molecule has 0 radical (unpaired) electrons. The van der Waals surface area contributed by atoms with E-state index < -0.39 is 84.3 Å². The van der Waals surface area contributed by atoms with Crippen molar-refractivity contribution in [1.82, 2.24) is 35.6 Å². The molecule has 0 bridgehead atoms. The lowest BCUT2D eigenvalue weighted by atomic mass is 10.0. The predicted octanol–water partition coefficient (Wildman–Crippen LogP) is -0.0894. The van der Waals surface area contributed by atoms with E-state index in [4.69, 9.17) is 14.2 Å². The van der Waals surface area contributed by atoms with Gasteiger partial charge in [0, 0.05) is 39.1 Å². The zero-order valence-corrected chi connectivity index (χ0v) is 33.9. The minimum Gasteiger partial charge on any atom is -0.461 e. The van der Waals surface area contributed by atoms with Crippen LogP contribution in [0, 0.1) is 12.8 Å². The van der Waals surface area contributed by atoms with E-state index in [1.165, 1.54) is 14.7 Å². The Labute approximate surface area is 343 Å². The highest BCUT2D eigenvalue weighted by Crippen LogP contribution is 2.33. The van der Waals surface area contributed by atoms with E-state index >= 15 is 0 Å². The number of amides is 6. The standard InChI is InChI=1S/C42H53N7O10/c1-24-7-5-8-27(15-24)17-29(44-36(50)19-28-10-11-34-35(18-28)59-23-58-34)37(51)45-30-22-57-42(56)32-16-25(2)20-49(32)39(53)26(3)43-38(52)33-21-46(4)13-14-48(33)41(55)31-9-6-12-47(31)40(30)54/h5,7-8,10-11,15,18,25-26,29-33H,6,9,12-14,16-17,19-23H2,1-4H3,(H,43,52)(H,44,50)(H,45,51)/t25-,26+,29+,30+,31+,32+,33+/m1/s1. The average molecular weight is 816 g/mol. The molecule has 0 spiro atoms. The van der Waals surface area contributed by atoms with Crippen LogP contribution in [0.3, 0.4) is 0 Å². The summed E-state index contributed by atoms with van der Waals surface area (Å²) in [5, 5.41) is 8.41. The Hall–Kier alpha value is -5.71. The molecule has 0 saturated carbocycles. The highest BCUT2D eigenvalue weighted by atomic mass is 16.7. The monoisotopic (exact) mass is 815 g/mol. The molecule has 5 aliphatic rings. The highest BCUT2D eigenvalue weighted by molar-refractivity contribution is 5.98. The number of hydrogen-bond acceptors (Lipinski definition) is 11. The first-order chi connectivity index (χ1) is 28.2. The van der Waals surface area contributed by atoms with Crippen LogP contribution < -0.4 is 25.4 Å². The van der Waals surface area contributed by atoms with Crippen LogP contribution >= 0.6 is 0 Å². The third-order valence-electron chi connectivity index (χ3n) is 11.8. The molecule has 0 aliphatic carbocycles. The van der Waals surface area contributed by atoms with Crippen molar-refractivity contribution in [2.24, 2.45) is 5.92 Å². The molecule has 7 atom stereocenters. The minimum atomic E-state index is -1.45. The van der Waals surface area contributed by atoms with Gasteiger partial charge >= 0.3 is 5.97 Å². The molecule has 5 heterocycles. The van der Waals surface area contributed by atoms with Crippen molar-refractivity contribution < 1.29 is 47.8 Å². The van der Waals surface area contributed by atoms with Gasteiger partial charge < -0.3 is 49.8 Å². The number of piperazine rings is 1. The zero-order chi connectivity index (χ0) is 42.0. The van der Waals surface area contributed by atoms with Crippen molar-refractivity contribution in [3.8, 4) is 11.5 Å². The van der Waals surface area contributed by atoms with E-state index in [2.05, 4.69) is 16.0 Å². The third kappa shape index (κ3) is 9.29. The number of fused-ring (bicyclic) bond motifs is 4. The molecule has 59 heavy (non-hydrogen) atoms. The van der Waals surface area contributed by atoms with Gasteiger partial charge in [-0.1, -0.05) is 42.8 Å². The van der Waals surface area contributed by atoms with E-state index in [-0.39, 0.29) is 51.7 Å². The number of benzene rings is 2. The second-order valence-electron chi connectivity index (χ2n) is 16.4. The molecule has 2 aromatic carbocycles. The number of nitrogens with one attached hydrogen (secondary N) is 3. The van der Waals surface area contributed by atoms with Crippen molar-refractivity contribution in [2.75, 3.05) is 53.2 Å². The SMILES string of the molecule is Cc1cccc(C[C@H](NC(=O)Cc2ccc3c(c2)OCO3)C(=O)N[C@H]2COC(=O)[C@@H]3C[C@@H](C)CN3C(=O)[C@H](C)NC(=O)[C@@H]3CN(C)CCN3C(=O)[C@@H]3CCCN3C2=O)c1. The van der Waals surface area contributed by atoms with Gasteiger partial charge in [0.2, 0.25) is 42.2 Å². The summed E-state index contributed by atoms with van der Waals surface area (Å²) < 4.78 is 16.6. The first-order valence-electron chi connectivity index (χ1n) is 20.4. The molecule has 17 nitrogen and oxygen atoms in total. The molecule has 7 rings (SSSR count). The Balaban J connectivity index is 1.17.